The van der Waals surface area contributed by atoms with Crippen LogP contribution in [0.1, 0.15) is 30.6 Å². The second-order valence-electron chi connectivity index (χ2n) is 9.89. The Bertz CT molecular complexity index is 1380. The Kier molecular flexibility index (Phi) is 7.34. The lowest BCUT2D eigenvalue weighted by Crippen LogP contribution is -2.27. The van der Waals surface area contributed by atoms with E-state index in [0.29, 0.717) is 18.9 Å². The molecule has 0 aliphatic carbocycles. The Morgan fingerprint density at radius 1 is 1.14 bits per heavy atom. The highest BCUT2D eigenvalue weighted by Gasteiger charge is 2.29. The average Bonchev–Trinajstić information content (AvgIpc) is 3.52. The van der Waals surface area contributed by atoms with Gasteiger partial charge in [0.25, 0.3) is 0 Å². The zero-order valence-corrected chi connectivity index (χ0v) is 22.0. The van der Waals surface area contributed by atoms with Crippen LogP contribution in [0.5, 0.6) is 5.75 Å². The Balaban J connectivity index is 1.40. The summed E-state index contributed by atoms with van der Waals surface area (Å²) in [5, 5.41) is 4.46. The Morgan fingerprint density at radius 3 is 2.81 bits per heavy atom. The highest BCUT2D eigenvalue weighted by molar-refractivity contribution is 5.87. The maximum absolute atomic E-state index is 5.78. The number of ether oxygens (including phenoxy) is 3. The van der Waals surface area contributed by atoms with Gasteiger partial charge in [-0.05, 0) is 25.5 Å². The predicted molar refractivity (Wildman–Crippen MR) is 143 cm³/mol. The van der Waals surface area contributed by atoms with Crippen LogP contribution in [0.25, 0.3) is 22.2 Å². The maximum Gasteiger partial charge on any atom is 0.152 e. The molecule has 4 heterocycles. The van der Waals surface area contributed by atoms with Gasteiger partial charge in [0.05, 0.1) is 32.2 Å². The molecule has 1 unspecified atom stereocenters. The zero-order valence-electron chi connectivity index (χ0n) is 22.0. The second kappa shape index (κ2) is 10.8. The number of aromatic nitrogens is 5. The number of methoxy groups -OCH3 is 2. The summed E-state index contributed by atoms with van der Waals surface area (Å²) in [6, 6.07) is 8.16. The number of rotatable bonds is 10. The van der Waals surface area contributed by atoms with Crippen molar-refractivity contribution in [1.29, 1.82) is 0 Å². The van der Waals surface area contributed by atoms with Crippen molar-refractivity contribution in [3.63, 3.8) is 0 Å². The molecule has 3 aromatic heterocycles. The molecule has 0 radical (unpaired) electrons. The quantitative estimate of drug-likeness (QED) is 0.343. The molecule has 194 valence electrons. The molecule has 1 atom stereocenters. The van der Waals surface area contributed by atoms with Gasteiger partial charge in [-0.3, -0.25) is 0 Å². The molecule has 0 spiro atoms. The summed E-state index contributed by atoms with van der Waals surface area (Å²) >= 11 is 0. The van der Waals surface area contributed by atoms with E-state index in [4.69, 9.17) is 19.2 Å². The summed E-state index contributed by atoms with van der Waals surface area (Å²) < 4.78 is 18.8. The molecule has 0 amide bonds. The number of nitrogens with zero attached hydrogens (tertiary/aromatic N) is 5. The number of aryl methyl sites for hydroxylation is 1. The molecule has 9 heteroatoms. The van der Waals surface area contributed by atoms with Crippen molar-refractivity contribution in [1.82, 2.24) is 24.5 Å². The smallest absolute Gasteiger partial charge is 0.152 e. The normalized spacial score (nSPS) is 17.4. The lowest BCUT2D eigenvalue weighted by Gasteiger charge is -2.22. The van der Waals surface area contributed by atoms with Crippen molar-refractivity contribution >= 4 is 16.7 Å². The molecule has 1 fully saturated rings. The third-order valence-electron chi connectivity index (χ3n) is 7.04. The second-order valence-corrected chi connectivity index (χ2v) is 9.89. The zero-order chi connectivity index (χ0) is 25.8. The van der Waals surface area contributed by atoms with Gasteiger partial charge in [-0.25, -0.2) is 19.9 Å². The third kappa shape index (κ3) is 5.42. The number of anilines is 1. The highest BCUT2D eigenvalue weighted by atomic mass is 16.5. The fourth-order valence-electron chi connectivity index (χ4n) is 4.74. The molecule has 1 N–H and O–H groups in total. The standard InChI is InChI=1S/C28H34N6O3/c1-19-30-16-23(34(19)10-12-35-3)20-5-6-21(24(13-20)36-4)14-25-31-15-22-7-9-29-27(26(22)33-25)32-17-28(2)8-11-37-18-28/h5-7,9,13,15-16H,8,10-12,14,17-18H2,1-4H3,(H,29,32). The topological polar surface area (TPSA) is 96.2 Å². The molecular weight excluding hydrogens is 468 g/mol. The van der Waals surface area contributed by atoms with Crippen LogP contribution in [0.3, 0.4) is 0 Å². The van der Waals surface area contributed by atoms with Crippen LogP contribution in [0.15, 0.2) is 42.9 Å². The molecule has 1 aromatic carbocycles. The first kappa shape index (κ1) is 25.1. The van der Waals surface area contributed by atoms with Gasteiger partial charge in [0.1, 0.15) is 22.9 Å². The number of hydrogen-bond acceptors (Lipinski definition) is 8. The minimum absolute atomic E-state index is 0.103. The maximum atomic E-state index is 5.78. The summed E-state index contributed by atoms with van der Waals surface area (Å²) in [5.41, 5.74) is 4.01. The molecule has 5 rings (SSSR count). The first-order valence-corrected chi connectivity index (χ1v) is 12.6. The van der Waals surface area contributed by atoms with Crippen LogP contribution >= 0.6 is 0 Å². The first-order chi connectivity index (χ1) is 18.0. The van der Waals surface area contributed by atoms with E-state index in [1.54, 1.807) is 20.4 Å². The van der Waals surface area contributed by atoms with Crippen molar-refractivity contribution in [3.05, 3.63) is 60.1 Å². The number of benzene rings is 1. The van der Waals surface area contributed by atoms with Crippen LogP contribution in [0.4, 0.5) is 5.82 Å². The van der Waals surface area contributed by atoms with Crippen LogP contribution < -0.4 is 10.1 Å². The monoisotopic (exact) mass is 502 g/mol. The van der Waals surface area contributed by atoms with E-state index in [1.807, 2.05) is 25.4 Å². The van der Waals surface area contributed by atoms with E-state index in [9.17, 15) is 0 Å². The molecule has 0 saturated carbocycles. The Hall–Kier alpha value is -3.56. The van der Waals surface area contributed by atoms with Gasteiger partial charge in [0.15, 0.2) is 5.82 Å². The lowest BCUT2D eigenvalue weighted by atomic mass is 9.90. The van der Waals surface area contributed by atoms with Gasteiger partial charge in [0.2, 0.25) is 0 Å². The predicted octanol–water partition coefficient (Wildman–Crippen LogP) is 4.28. The van der Waals surface area contributed by atoms with Crippen LogP contribution in [0, 0.1) is 12.3 Å². The molecular formula is C28H34N6O3. The summed E-state index contributed by atoms with van der Waals surface area (Å²) in [6.45, 7) is 7.95. The molecule has 37 heavy (non-hydrogen) atoms. The van der Waals surface area contributed by atoms with E-state index >= 15 is 0 Å². The van der Waals surface area contributed by atoms with E-state index < -0.39 is 0 Å². The van der Waals surface area contributed by atoms with Gasteiger partial charge in [-0.1, -0.05) is 19.1 Å². The van der Waals surface area contributed by atoms with Crippen molar-refractivity contribution in [2.75, 3.05) is 45.9 Å². The fraction of sp³-hybridized carbons (Fsp3) is 0.429. The summed E-state index contributed by atoms with van der Waals surface area (Å²) in [4.78, 5) is 18.6. The molecule has 9 nitrogen and oxygen atoms in total. The number of imidazole rings is 1. The molecule has 1 aliphatic rings. The minimum atomic E-state index is 0.103. The Morgan fingerprint density at radius 2 is 2.03 bits per heavy atom. The van der Waals surface area contributed by atoms with E-state index in [2.05, 4.69) is 50.0 Å². The molecule has 0 bridgehead atoms. The van der Waals surface area contributed by atoms with Crippen LogP contribution in [-0.4, -0.2) is 65.1 Å². The molecule has 1 aliphatic heterocycles. The van der Waals surface area contributed by atoms with Gasteiger partial charge in [-0.15, -0.1) is 0 Å². The highest BCUT2D eigenvalue weighted by Crippen LogP contribution is 2.31. The number of fused-ring (bicyclic) bond motifs is 1. The largest absolute Gasteiger partial charge is 0.496 e. The van der Waals surface area contributed by atoms with Crippen molar-refractivity contribution in [2.45, 2.75) is 33.2 Å². The summed E-state index contributed by atoms with van der Waals surface area (Å²) in [7, 11) is 3.40. The number of nitrogens with one attached hydrogen (secondary N) is 1. The SMILES string of the molecule is COCCn1c(-c2ccc(Cc3ncc4ccnc(NCC5(C)CCOC5)c4n3)c(OC)c2)cnc1C. The van der Waals surface area contributed by atoms with Gasteiger partial charge < -0.3 is 24.1 Å². The third-order valence-corrected chi connectivity index (χ3v) is 7.04. The van der Waals surface area contributed by atoms with Crippen molar-refractivity contribution in [3.8, 4) is 17.0 Å². The van der Waals surface area contributed by atoms with Gasteiger partial charge in [0, 0.05) is 67.5 Å². The van der Waals surface area contributed by atoms with Crippen molar-refractivity contribution < 1.29 is 14.2 Å². The average molecular weight is 503 g/mol. The summed E-state index contributed by atoms with van der Waals surface area (Å²) in [6.07, 6.45) is 7.13. The van der Waals surface area contributed by atoms with Crippen LogP contribution in [-0.2, 0) is 22.4 Å². The minimum Gasteiger partial charge on any atom is -0.496 e. The lowest BCUT2D eigenvalue weighted by molar-refractivity contribution is 0.164. The van der Waals surface area contributed by atoms with Gasteiger partial charge >= 0.3 is 0 Å². The Labute approximate surface area is 217 Å². The fourth-order valence-corrected chi connectivity index (χ4v) is 4.74. The van der Waals surface area contributed by atoms with E-state index in [-0.39, 0.29) is 5.41 Å². The van der Waals surface area contributed by atoms with E-state index in [0.717, 1.165) is 77.8 Å². The molecule has 4 aromatic rings. The van der Waals surface area contributed by atoms with Crippen LogP contribution in [0.2, 0.25) is 0 Å². The first-order valence-electron chi connectivity index (χ1n) is 12.6. The van der Waals surface area contributed by atoms with Gasteiger partial charge in [-0.2, -0.15) is 0 Å². The molecule has 1 saturated heterocycles. The van der Waals surface area contributed by atoms with Crippen molar-refractivity contribution in [2.24, 2.45) is 5.41 Å². The number of pyridine rings is 1. The van der Waals surface area contributed by atoms with E-state index in [1.165, 1.54) is 0 Å². The summed E-state index contributed by atoms with van der Waals surface area (Å²) in [5.74, 6) is 3.23. The number of hydrogen-bond donors (Lipinski definition) is 1.